The van der Waals surface area contributed by atoms with Crippen LogP contribution in [0, 0.1) is 6.92 Å². The molecule has 0 bridgehead atoms. The largest absolute Gasteiger partial charge is 0.382 e. The molecule has 0 aromatic carbocycles. The Hall–Kier alpha value is -2.28. The number of aromatic nitrogens is 6. The van der Waals surface area contributed by atoms with Crippen molar-refractivity contribution in [1.29, 1.82) is 0 Å². The molecule has 8 heteroatoms. The molecule has 7 nitrogen and oxygen atoms in total. The number of nitrogens with two attached hydrogens (primary N) is 1. The first-order chi connectivity index (χ1) is 9.97. The van der Waals surface area contributed by atoms with E-state index in [1.54, 1.807) is 6.20 Å². The molecule has 21 heavy (non-hydrogen) atoms. The van der Waals surface area contributed by atoms with Crippen molar-refractivity contribution in [3.63, 3.8) is 0 Å². The van der Waals surface area contributed by atoms with Crippen molar-refractivity contribution >= 4 is 28.6 Å². The standard InChI is InChI=1S/C13H14ClN7/c1-6(2)21-7(3)18-11-10(19-13(14)20-12(11)21)8-4-17-9(15)5-16-8/h4-6H,1-3H3,(H2,15,17). The van der Waals surface area contributed by atoms with Gasteiger partial charge in [-0.25, -0.2) is 19.9 Å². The fourth-order valence-corrected chi connectivity index (χ4v) is 2.48. The Morgan fingerprint density at radius 2 is 1.90 bits per heavy atom. The maximum absolute atomic E-state index is 6.05. The Balaban J connectivity index is 2.33. The van der Waals surface area contributed by atoms with Crippen LogP contribution in [-0.4, -0.2) is 29.5 Å². The van der Waals surface area contributed by atoms with Crippen LogP contribution in [-0.2, 0) is 0 Å². The Bertz CT molecular complexity index is 807. The number of halogens is 1. The lowest BCUT2D eigenvalue weighted by Crippen LogP contribution is -2.04. The lowest BCUT2D eigenvalue weighted by Gasteiger charge is -2.10. The Kier molecular flexibility index (Phi) is 3.21. The molecule has 0 saturated heterocycles. The van der Waals surface area contributed by atoms with Crippen LogP contribution in [0.15, 0.2) is 12.4 Å². The van der Waals surface area contributed by atoms with Crippen LogP contribution in [0.1, 0.15) is 25.7 Å². The molecule has 0 fully saturated rings. The van der Waals surface area contributed by atoms with Crippen molar-refractivity contribution in [2.24, 2.45) is 0 Å². The van der Waals surface area contributed by atoms with Crippen molar-refractivity contribution in [1.82, 2.24) is 29.5 Å². The van der Waals surface area contributed by atoms with Gasteiger partial charge in [0.05, 0.1) is 12.4 Å². The van der Waals surface area contributed by atoms with Crippen molar-refractivity contribution in [3.8, 4) is 11.4 Å². The minimum Gasteiger partial charge on any atom is -0.382 e. The smallest absolute Gasteiger partial charge is 0.225 e. The summed E-state index contributed by atoms with van der Waals surface area (Å²) in [6, 6.07) is 0.214. The van der Waals surface area contributed by atoms with Crippen LogP contribution in [0.2, 0.25) is 5.28 Å². The highest BCUT2D eigenvalue weighted by atomic mass is 35.5. The number of hydrogen-bond donors (Lipinski definition) is 1. The zero-order chi connectivity index (χ0) is 15.1. The minimum atomic E-state index is 0.151. The van der Waals surface area contributed by atoms with Crippen LogP contribution >= 0.6 is 11.6 Å². The summed E-state index contributed by atoms with van der Waals surface area (Å²) in [5.74, 6) is 1.19. The third kappa shape index (κ3) is 2.29. The number of nitrogen functional groups attached to an aromatic ring is 1. The van der Waals surface area contributed by atoms with Crippen molar-refractivity contribution in [3.05, 3.63) is 23.5 Å². The molecule has 3 rings (SSSR count). The summed E-state index contributed by atoms with van der Waals surface area (Å²) in [5.41, 5.74) is 8.03. The third-order valence-corrected chi connectivity index (χ3v) is 3.29. The maximum Gasteiger partial charge on any atom is 0.225 e. The molecule has 0 aliphatic rings. The first-order valence-corrected chi connectivity index (χ1v) is 6.85. The van der Waals surface area contributed by atoms with E-state index in [0.29, 0.717) is 28.4 Å². The average Bonchev–Trinajstić information content (AvgIpc) is 2.74. The van der Waals surface area contributed by atoms with E-state index < -0.39 is 0 Å². The molecule has 0 amide bonds. The van der Waals surface area contributed by atoms with Crippen LogP contribution in [0.3, 0.4) is 0 Å². The highest BCUT2D eigenvalue weighted by molar-refractivity contribution is 6.28. The lowest BCUT2D eigenvalue weighted by atomic mass is 10.2. The Morgan fingerprint density at radius 1 is 1.14 bits per heavy atom. The number of hydrogen-bond acceptors (Lipinski definition) is 6. The fourth-order valence-electron chi connectivity index (χ4n) is 2.31. The van der Waals surface area contributed by atoms with Gasteiger partial charge in [0, 0.05) is 6.04 Å². The number of rotatable bonds is 2. The van der Waals surface area contributed by atoms with Gasteiger partial charge >= 0.3 is 0 Å². The molecule has 108 valence electrons. The number of imidazole rings is 1. The molecule has 0 spiro atoms. The van der Waals surface area contributed by atoms with Crippen LogP contribution < -0.4 is 5.73 Å². The van der Waals surface area contributed by atoms with Gasteiger partial charge in [0.25, 0.3) is 0 Å². The summed E-state index contributed by atoms with van der Waals surface area (Å²) in [5, 5.41) is 0.151. The van der Waals surface area contributed by atoms with E-state index in [4.69, 9.17) is 17.3 Å². The summed E-state index contributed by atoms with van der Waals surface area (Å²) in [7, 11) is 0. The monoisotopic (exact) mass is 303 g/mol. The van der Waals surface area contributed by atoms with E-state index in [2.05, 4.69) is 38.8 Å². The highest BCUT2D eigenvalue weighted by Crippen LogP contribution is 2.27. The third-order valence-electron chi connectivity index (χ3n) is 3.12. The van der Waals surface area contributed by atoms with Gasteiger partial charge in [-0.05, 0) is 32.4 Å². The second-order valence-electron chi connectivity index (χ2n) is 4.96. The topological polar surface area (TPSA) is 95.4 Å². The quantitative estimate of drug-likeness (QED) is 0.730. The molecule has 2 N–H and O–H groups in total. The van der Waals surface area contributed by atoms with Gasteiger partial charge in [-0.15, -0.1) is 0 Å². The normalized spacial score (nSPS) is 11.5. The predicted octanol–water partition coefficient (Wildman–Crippen LogP) is 2.41. The Morgan fingerprint density at radius 3 is 2.52 bits per heavy atom. The van der Waals surface area contributed by atoms with E-state index in [1.807, 2.05) is 11.5 Å². The molecule has 3 heterocycles. The van der Waals surface area contributed by atoms with Gasteiger partial charge in [-0.1, -0.05) is 0 Å². The van der Waals surface area contributed by atoms with E-state index in [-0.39, 0.29) is 11.3 Å². The zero-order valence-corrected chi connectivity index (χ0v) is 12.6. The molecule has 0 atom stereocenters. The number of fused-ring (bicyclic) bond motifs is 1. The van der Waals surface area contributed by atoms with Crippen molar-refractivity contribution < 1.29 is 0 Å². The lowest BCUT2D eigenvalue weighted by molar-refractivity contribution is 0.595. The number of nitrogens with zero attached hydrogens (tertiary/aromatic N) is 6. The molecule has 0 saturated carbocycles. The van der Waals surface area contributed by atoms with Gasteiger partial charge in [0.2, 0.25) is 5.28 Å². The van der Waals surface area contributed by atoms with Gasteiger partial charge < -0.3 is 10.3 Å². The van der Waals surface area contributed by atoms with E-state index in [1.165, 1.54) is 6.20 Å². The first kappa shape index (κ1) is 13.7. The van der Waals surface area contributed by atoms with E-state index in [9.17, 15) is 0 Å². The van der Waals surface area contributed by atoms with Gasteiger partial charge in [0.15, 0.2) is 5.65 Å². The second kappa shape index (κ2) is 4.92. The molecule has 0 aliphatic heterocycles. The number of anilines is 1. The summed E-state index contributed by atoms with van der Waals surface area (Å²) in [6.07, 6.45) is 3.03. The van der Waals surface area contributed by atoms with E-state index >= 15 is 0 Å². The van der Waals surface area contributed by atoms with Gasteiger partial charge in [-0.3, -0.25) is 0 Å². The molecule has 0 aliphatic carbocycles. The maximum atomic E-state index is 6.05. The zero-order valence-electron chi connectivity index (χ0n) is 11.9. The second-order valence-corrected chi connectivity index (χ2v) is 5.30. The summed E-state index contributed by atoms with van der Waals surface area (Å²) in [4.78, 5) is 21.4. The molecule has 0 unspecified atom stereocenters. The average molecular weight is 304 g/mol. The molecule has 3 aromatic rings. The highest BCUT2D eigenvalue weighted by Gasteiger charge is 2.18. The molecule has 3 aromatic heterocycles. The molecular formula is C13H14ClN7. The molecule has 0 radical (unpaired) electrons. The molecular weight excluding hydrogens is 290 g/mol. The summed E-state index contributed by atoms with van der Waals surface area (Å²) >= 11 is 6.05. The first-order valence-electron chi connectivity index (χ1n) is 6.47. The van der Waals surface area contributed by atoms with Crippen LogP contribution in [0.4, 0.5) is 5.82 Å². The summed E-state index contributed by atoms with van der Waals surface area (Å²) < 4.78 is 2.01. The van der Waals surface area contributed by atoms with Crippen molar-refractivity contribution in [2.45, 2.75) is 26.8 Å². The van der Waals surface area contributed by atoms with Gasteiger partial charge in [0.1, 0.15) is 28.5 Å². The Labute approximate surface area is 126 Å². The van der Waals surface area contributed by atoms with Gasteiger partial charge in [-0.2, -0.15) is 4.98 Å². The van der Waals surface area contributed by atoms with Crippen molar-refractivity contribution in [2.75, 3.05) is 5.73 Å². The minimum absolute atomic E-state index is 0.151. The number of aryl methyl sites for hydroxylation is 1. The predicted molar refractivity (Wildman–Crippen MR) is 80.9 cm³/mol. The fraction of sp³-hybridized carbons (Fsp3) is 0.308. The van der Waals surface area contributed by atoms with Crippen LogP contribution in [0.5, 0.6) is 0 Å². The van der Waals surface area contributed by atoms with E-state index in [0.717, 1.165) is 5.82 Å². The SMILES string of the molecule is Cc1nc2c(-c3cnc(N)cn3)nc(Cl)nc2n1C(C)C. The van der Waals surface area contributed by atoms with Crippen LogP contribution in [0.25, 0.3) is 22.6 Å². The summed E-state index contributed by atoms with van der Waals surface area (Å²) in [6.45, 7) is 6.05.